The zero-order valence-electron chi connectivity index (χ0n) is 16.4. The summed E-state index contributed by atoms with van der Waals surface area (Å²) >= 11 is 5.50. The van der Waals surface area contributed by atoms with Gasteiger partial charge in [-0.2, -0.15) is 0 Å². The third kappa shape index (κ3) is 4.78. The van der Waals surface area contributed by atoms with Crippen LogP contribution in [0, 0.1) is 24.7 Å². The van der Waals surface area contributed by atoms with Gasteiger partial charge in [0.15, 0.2) is 5.65 Å². The van der Waals surface area contributed by atoms with E-state index in [4.69, 9.17) is 16.6 Å². The van der Waals surface area contributed by atoms with Crippen LogP contribution in [-0.4, -0.2) is 45.1 Å². The first-order chi connectivity index (χ1) is 13.6. The van der Waals surface area contributed by atoms with Crippen LogP contribution in [0.4, 0.5) is 0 Å². The van der Waals surface area contributed by atoms with E-state index in [1.165, 1.54) is 5.54 Å². The zero-order chi connectivity index (χ0) is 19.9. The normalized spacial score (nSPS) is 16.5. The number of nitrogens with zero attached hydrogens (tertiary/aromatic N) is 5. The van der Waals surface area contributed by atoms with Gasteiger partial charge in [-0.1, -0.05) is 59.9 Å². The second-order valence-corrected chi connectivity index (χ2v) is 7.10. The van der Waals surface area contributed by atoms with Crippen LogP contribution in [0.2, 0.25) is 0 Å². The number of aryl methyl sites for hydroxylation is 1. The lowest BCUT2D eigenvalue weighted by atomic mass is 10.0. The molecule has 5 nitrogen and oxygen atoms in total. The Morgan fingerprint density at radius 1 is 1.25 bits per heavy atom. The molecule has 0 fully saturated rings. The first-order valence-electron chi connectivity index (χ1n) is 9.24. The second-order valence-electron chi connectivity index (χ2n) is 6.85. The van der Waals surface area contributed by atoms with Gasteiger partial charge < -0.3 is 0 Å². The summed E-state index contributed by atoms with van der Waals surface area (Å²) in [7, 11) is 4.05. The average Bonchev–Trinajstić information content (AvgIpc) is 3.10. The quantitative estimate of drug-likeness (QED) is 0.575. The Balaban J connectivity index is 1.98. The molecule has 6 heteroatoms. The Bertz CT molecular complexity index is 1110. The summed E-state index contributed by atoms with van der Waals surface area (Å²) in [6.07, 6.45) is 15.5. The van der Waals surface area contributed by atoms with E-state index in [9.17, 15) is 0 Å². The minimum absolute atomic E-state index is 0.177. The fourth-order valence-electron chi connectivity index (χ4n) is 3.00. The van der Waals surface area contributed by atoms with Crippen molar-refractivity contribution < 1.29 is 0 Å². The first kappa shape index (κ1) is 20.1. The zero-order valence-corrected chi connectivity index (χ0v) is 17.2. The van der Waals surface area contributed by atoms with E-state index < -0.39 is 0 Å². The number of rotatable bonds is 5. The molecule has 0 amide bonds. The van der Waals surface area contributed by atoms with Crippen LogP contribution >= 0.6 is 11.6 Å². The maximum absolute atomic E-state index is 5.50. The predicted molar refractivity (Wildman–Crippen MR) is 115 cm³/mol. The van der Waals surface area contributed by atoms with Gasteiger partial charge in [-0.05, 0) is 33.5 Å². The summed E-state index contributed by atoms with van der Waals surface area (Å²) in [5, 5.41) is 10.8. The molecule has 28 heavy (non-hydrogen) atoms. The molecule has 0 radical (unpaired) electrons. The van der Waals surface area contributed by atoms with E-state index in [0.717, 1.165) is 40.8 Å². The lowest BCUT2D eigenvalue weighted by Crippen LogP contribution is -2.39. The molecule has 0 N–H and O–H groups in total. The highest BCUT2D eigenvalue weighted by molar-refractivity contribution is 6.25. The van der Waals surface area contributed by atoms with E-state index in [1.54, 1.807) is 6.08 Å². The highest BCUT2D eigenvalue weighted by atomic mass is 35.5. The summed E-state index contributed by atoms with van der Waals surface area (Å²) in [5.41, 5.74) is 3.16. The van der Waals surface area contributed by atoms with Crippen molar-refractivity contribution in [1.82, 2.24) is 24.5 Å². The van der Waals surface area contributed by atoms with E-state index in [-0.39, 0.29) is 5.92 Å². The Morgan fingerprint density at radius 3 is 2.86 bits per heavy atom. The van der Waals surface area contributed by atoms with Gasteiger partial charge in [0.05, 0.1) is 22.9 Å². The topological polar surface area (TPSA) is 46.3 Å². The van der Waals surface area contributed by atoms with Crippen molar-refractivity contribution in [2.75, 3.05) is 20.6 Å². The molecule has 3 rings (SSSR count). The highest BCUT2D eigenvalue weighted by Gasteiger charge is 2.14. The SMILES string of the molecule is Cc1nc2c(n3c(CC=CC=CC=CCl)nnc13)=CC(C#CCN(C)C)CC=2. The van der Waals surface area contributed by atoms with Crippen LogP contribution in [0.3, 0.4) is 0 Å². The van der Waals surface area contributed by atoms with Crippen LogP contribution in [-0.2, 0) is 6.42 Å². The molecule has 2 aromatic rings. The number of hydrogen-bond acceptors (Lipinski definition) is 4. The average molecular weight is 394 g/mol. The van der Waals surface area contributed by atoms with Gasteiger partial charge in [-0.15, -0.1) is 10.2 Å². The molecule has 1 unspecified atom stereocenters. The third-order valence-electron chi connectivity index (χ3n) is 4.29. The fraction of sp³-hybridized carbons (Fsp3) is 0.318. The van der Waals surface area contributed by atoms with Gasteiger partial charge >= 0.3 is 0 Å². The Kier molecular flexibility index (Phi) is 6.80. The fourth-order valence-corrected chi connectivity index (χ4v) is 3.09. The largest absolute Gasteiger partial charge is 0.299 e. The summed E-state index contributed by atoms with van der Waals surface area (Å²) in [5.74, 6) is 7.66. The maximum Gasteiger partial charge on any atom is 0.182 e. The van der Waals surface area contributed by atoms with Gasteiger partial charge in [0.1, 0.15) is 5.82 Å². The lowest BCUT2D eigenvalue weighted by Gasteiger charge is -2.10. The van der Waals surface area contributed by atoms with E-state index >= 15 is 0 Å². The van der Waals surface area contributed by atoms with Gasteiger partial charge in [0.2, 0.25) is 0 Å². The summed E-state index contributed by atoms with van der Waals surface area (Å²) in [4.78, 5) is 6.78. The Morgan fingerprint density at radius 2 is 2.07 bits per heavy atom. The van der Waals surface area contributed by atoms with Gasteiger partial charge in [0, 0.05) is 17.9 Å². The Labute approximate surface area is 170 Å². The molecule has 0 bridgehead atoms. The second kappa shape index (κ2) is 9.50. The van der Waals surface area contributed by atoms with Crippen molar-refractivity contribution in [3.8, 4) is 11.8 Å². The molecular weight excluding hydrogens is 370 g/mol. The molecule has 144 valence electrons. The van der Waals surface area contributed by atoms with Crippen molar-refractivity contribution in [3.05, 3.63) is 58.1 Å². The van der Waals surface area contributed by atoms with E-state index in [2.05, 4.69) is 49.6 Å². The molecule has 2 heterocycles. The molecule has 0 aromatic carbocycles. The number of aromatic nitrogens is 4. The maximum atomic E-state index is 5.50. The molecular formula is C22H24ClN5. The van der Waals surface area contributed by atoms with Crippen LogP contribution in [0.5, 0.6) is 0 Å². The number of halogens is 1. The van der Waals surface area contributed by atoms with Crippen molar-refractivity contribution in [1.29, 1.82) is 0 Å². The van der Waals surface area contributed by atoms with Crippen LogP contribution in [0.15, 0.2) is 35.9 Å². The molecule has 0 spiro atoms. The molecule has 1 atom stereocenters. The standard InChI is InChI=1S/C22H24ClN5/c1-17-22-26-25-21(11-7-5-4-6-8-14-23)28(22)20-16-18(10-9-15-27(2)3)12-13-19(20)24-17/h4-8,13-14,16,18H,11-12,15H2,1-3H3. The highest BCUT2D eigenvalue weighted by Crippen LogP contribution is 2.09. The molecule has 1 aliphatic rings. The van der Waals surface area contributed by atoms with Gasteiger partial charge in [-0.25, -0.2) is 4.98 Å². The van der Waals surface area contributed by atoms with E-state index in [1.807, 2.05) is 39.2 Å². The van der Waals surface area contributed by atoms with Gasteiger partial charge in [-0.3, -0.25) is 9.30 Å². The van der Waals surface area contributed by atoms with Crippen LogP contribution in [0.25, 0.3) is 17.8 Å². The van der Waals surface area contributed by atoms with Crippen molar-refractivity contribution in [2.24, 2.45) is 5.92 Å². The summed E-state index contributed by atoms with van der Waals surface area (Å²) in [6, 6.07) is 0. The number of hydrogen-bond donors (Lipinski definition) is 0. The minimum Gasteiger partial charge on any atom is -0.299 e. The predicted octanol–water partition coefficient (Wildman–Crippen LogP) is 1.99. The summed E-state index contributed by atoms with van der Waals surface area (Å²) in [6.45, 7) is 2.73. The minimum atomic E-state index is 0.177. The van der Waals surface area contributed by atoms with Crippen molar-refractivity contribution in [2.45, 2.75) is 19.8 Å². The third-order valence-corrected chi connectivity index (χ3v) is 4.44. The lowest BCUT2D eigenvalue weighted by molar-refractivity contribution is 0.463. The van der Waals surface area contributed by atoms with Crippen LogP contribution in [0.1, 0.15) is 17.9 Å². The van der Waals surface area contributed by atoms with Crippen molar-refractivity contribution >= 4 is 29.4 Å². The molecule has 0 saturated carbocycles. The van der Waals surface area contributed by atoms with Crippen LogP contribution < -0.4 is 10.7 Å². The Hall–Kier alpha value is -2.68. The summed E-state index contributed by atoms with van der Waals surface area (Å²) < 4.78 is 2.11. The monoisotopic (exact) mass is 393 g/mol. The smallest absolute Gasteiger partial charge is 0.182 e. The molecule has 1 aliphatic carbocycles. The molecule has 0 aliphatic heterocycles. The van der Waals surface area contributed by atoms with Gasteiger partial charge in [0.25, 0.3) is 0 Å². The van der Waals surface area contributed by atoms with Crippen molar-refractivity contribution in [3.63, 3.8) is 0 Å². The molecule has 2 aromatic heterocycles. The first-order valence-corrected chi connectivity index (χ1v) is 9.68. The molecule has 0 saturated heterocycles. The number of fused-ring (bicyclic) bond motifs is 3. The van der Waals surface area contributed by atoms with E-state index in [0.29, 0.717) is 6.42 Å². The number of allylic oxidation sites excluding steroid dienone is 5.